The first-order valence-corrected chi connectivity index (χ1v) is 8.86. The van der Waals surface area contributed by atoms with Crippen molar-refractivity contribution < 1.29 is 14.0 Å². The lowest BCUT2D eigenvalue weighted by Gasteiger charge is -2.17. The number of amides is 2. The van der Waals surface area contributed by atoms with E-state index >= 15 is 0 Å². The Labute approximate surface area is 166 Å². The molecule has 2 unspecified atom stereocenters. The fourth-order valence-electron chi connectivity index (χ4n) is 2.61. The molecule has 0 aliphatic rings. The molecular formula is C18H22ClFN6O2. The summed E-state index contributed by atoms with van der Waals surface area (Å²) >= 11 is 5.58. The Morgan fingerprint density at radius 2 is 1.96 bits per heavy atom. The normalized spacial score (nSPS) is 12.7. The zero-order chi connectivity index (χ0) is 20.8. The third-order valence-electron chi connectivity index (χ3n) is 4.25. The fraction of sp³-hybridized carbons (Fsp3) is 0.278. The van der Waals surface area contributed by atoms with E-state index in [2.05, 4.69) is 20.6 Å². The number of guanidine groups is 1. The van der Waals surface area contributed by atoms with E-state index in [9.17, 15) is 14.0 Å². The molecule has 150 valence electrons. The second-order valence-corrected chi connectivity index (χ2v) is 6.67. The lowest BCUT2D eigenvalue weighted by atomic mass is 9.95. The highest BCUT2D eigenvalue weighted by Gasteiger charge is 2.20. The van der Waals surface area contributed by atoms with Crippen molar-refractivity contribution in [3.05, 3.63) is 52.6 Å². The van der Waals surface area contributed by atoms with Crippen LogP contribution < -0.4 is 22.1 Å². The van der Waals surface area contributed by atoms with Crippen LogP contribution >= 0.6 is 11.6 Å². The van der Waals surface area contributed by atoms with Gasteiger partial charge in [0.05, 0.1) is 17.6 Å². The van der Waals surface area contributed by atoms with Crippen molar-refractivity contribution in [2.75, 3.05) is 5.32 Å². The van der Waals surface area contributed by atoms with Gasteiger partial charge in [-0.25, -0.2) is 9.38 Å². The van der Waals surface area contributed by atoms with Gasteiger partial charge in [-0.1, -0.05) is 18.5 Å². The number of halogens is 2. The van der Waals surface area contributed by atoms with Gasteiger partial charge in [0.25, 0.3) is 0 Å². The third-order valence-corrected chi connectivity index (χ3v) is 4.55. The van der Waals surface area contributed by atoms with E-state index in [1.165, 1.54) is 12.1 Å². The van der Waals surface area contributed by atoms with Gasteiger partial charge >= 0.3 is 11.8 Å². The smallest absolute Gasteiger partial charge is 0.313 e. The molecule has 1 aromatic carbocycles. The number of nitrogens with two attached hydrogens (primary N) is 2. The third kappa shape index (κ3) is 5.46. The molecule has 2 aromatic rings. The van der Waals surface area contributed by atoms with Crippen LogP contribution in [0.15, 0.2) is 35.5 Å². The second kappa shape index (κ2) is 9.23. The highest BCUT2D eigenvalue weighted by Crippen LogP contribution is 2.24. The standard InChI is InChI=1S/C18H22ClFN6O2/c1-9(10(2)25-18(21)22)12-5-6-23-15(12)8-24-16(27)17(28)26-11-3-4-13(19)14(20)7-11/h3-7,9-10,23H,8H2,1-2H3,(H,24,27)(H,26,28)(H4,21,22,25). The van der Waals surface area contributed by atoms with E-state index in [0.29, 0.717) is 0 Å². The predicted molar refractivity (Wildman–Crippen MR) is 106 cm³/mol. The van der Waals surface area contributed by atoms with E-state index in [1.807, 2.05) is 19.9 Å². The predicted octanol–water partition coefficient (Wildman–Crippen LogP) is 1.83. The van der Waals surface area contributed by atoms with Crippen LogP contribution in [0.5, 0.6) is 0 Å². The topological polar surface area (TPSA) is 138 Å². The molecule has 7 N–H and O–H groups in total. The maximum absolute atomic E-state index is 13.4. The lowest BCUT2D eigenvalue weighted by molar-refractivity contribution is -0.136. The largest absolute Gasteiger partial charge is 0.370 e. The molecule has 2 amide bonds. The summed E-state index contributed by atoms with van der Waals surface area (Å²) in [6.07, 6.45) is 1.73. The number of H-pyrrole nitrogens is 1. The van der Waals surface area contributed by atoms with Gasteiger partial charge < -0.3 is 27.1 Å². The van der Waals surface area contributed by atoms with Gasteiger partial charge in [-0.05, 0) is 36.8 Å². The highest BCUT2D eigenvalue weighted by molar-refractivity contribution is 6.39. The molecule has 0 fully saturated rings. The Hall–Kier alpha value is -3.07. The number of rotatable bonds is 6. The summed E-state index contributed by atoms with van der Waals surface area (Å²) in [6.45, 7) is 3.92. The van der Waals surface area contributed by atoms with Crippen molar-refractivity contribution in [1.29, 1.82) is 0 Å². The van der Waals surface area contributed by atoms with Gasteiger partial charge in [0.15, 0.2) is 5.96 Å². The van der Waals surface area contributed by atoms with Crippen LogP contribution in [0, 0.1) is 5.82 Å². The number of anilines is 1. The van der Waals surface area contributed by atoms with Gasteiger partial charge in [-0.15, -0.1) is 0 Å². The number of aromatic nitrogens is 1. The molecule has 2 atom stereocenters. The Bertz CT molecular complexity index is 894. The fourth-order valence-corrected chi connectivity index (χ4v) is 2.73. The van der Waals surface area contributed by atoms with Gasteiger partial charge in [0.1, 0.15) is 5.82 Å². The van der Waals surface area contributed by atoms with Crippen LogP contribution in [-0.4, -0.2) is 28.8 Å². The van der Waals surface area contributed by atoms with Gasteiger partial charge in [0, 0.05) is 23.5 Å². The first-order chi connectivity index (χ1) is 13.2. The summed E-state index contributed by atoms with van der Waals surface area (Å²) in [5.41, 5.74) is 12.6. The molecule has 0 radical (unpaired) electrons. The maximum atomic E-state index is 13.4. The number of nitrogens with zero attached hydrogens (tertiary/aromatic N) is 1. The number of hydrogen-bond donors (Lipinski definition) is 5. The molecular weight excluding hydrogens is 387 g/mol. The van der Waals surface area contributed by atoms with Crippen LogP contribution in [0.2, 0.25) is 5.02 Å². The van der Waals surface area contributed by atoms with E-state index in [1.54, 1.807) is 6.20 Å². The van der Waals surface area contributed by atoms with E-state index in [0.717, 1.165) is 17.3 Å². The minimum atomic E-state index is -0.920. The van der Waals surface area contributed by atoms with Crippen molar-refractivity contribution in [1.82, 2.24) is 10.3 Å². The molecule has 1 heterocycles. The minimum absolute atomic E-state index is 0.0000424. The van der Waals surface area contributed by atoms with E-state index in [-0.39, 0.29) is 35.2 Å². The SMILES string of the molecule is CC(N=C(N)N)C(C)c1cc[nH]c1CNC(=O)C(=O)Nc1ccc(Cl)c(F)c1. The number of hydrogen-bond acceptors (Lipinski definition) is 3. The Morgan fingerprint density at radius 1 is 1.25 bits per heavy atom. The van der Waals surface area contributed by atoms with Crippen molar-refractivity contribution in [3.63, 3.8) is 0 Å². The number of carbonyl (C=O) groups is 2. The zero-order valence-corrected chi connectivity index (χ0v) is 16.2. The molecule has 10 heteroatoms. The number of nitrogens with one attached hydrogen (secondary N) is 3. The van der Waals surface area contributed by atoms with Crippen LogP contribution in [0.4, 0.5) is 10.1 Å². The number of aromatic amines is 1. The molecule has 28 heavy (non-hydrogen) atoms. The van der Waals surface area contributed by atoms with Crippen molar-refractivity contribution >= 4 is 35.1 Å². The van der Waals surface area contributed by atoms with Crippen LogP contribution in [0.25, 0.3) is 0 Å². The molecule has 0 bridgehead atoms. The van der Waals surface area contributed by atoms with Gasteiger partial charge in [-0.3, -0.25) is 9.59 Å². The summed E-state index contributed by atoms with van der Waals surface area (Å²) in [4.78, 5) is 31.2. The number of aliphatic imine (C=N–C) groups is 1. The average Bonchev–Trinajstić information content (AvgIpc) is 3.09. The molecule has 8 nitrogen and oxygen atoms in total. The van der Waals surface area contributed by atoms with Gasteiger partial charge in [-0.2, -0.15) is 0 Å². The molecule has 1 aromatic heterocycles. The Kier molecular flexibility index (Phi) is 7.00. The van der Waals surface area contributed by atoms with Crippen LogP contribution in [0.3, 0.4) is 0 Å². The monoisotopic (exact) mass is 408 g/mol. The molecule has 0 saturated heterocycles. The number of benzene rings is 1. The zero-order valence-electron chi connectivity index (χ0n) is 15.4. The summed E-state index contributed by atoms with van der Waals surface area (Å²) in [7, 11) is 0. The Balaban J connectivity index is 1.97. The van der Waals surface area contributed by atoms with E-state index in [4.69, 9.17) is 23.1 Å². The number of carbonyl (C=O) groups excluding carboxylic acids is 2. The van der Waals surface area contributed by atoms with Crippen LogP contribution in [0.1, 0.15) is 31.0 Å². The quantitative estimate of drug-likeness (QED) is 0.282. The van der Waals surface area contributed by atoms with Crippen molar-refractivity contribution in [2.45, 2.75) is 32.4 Å². The van der Waals surface area contributed by atoms with Crippen LogP contribution in [-0.2, 0) is 16.1 Å². The molecule has 0 saturated carbocycles. The maximum Gasteiger partial charge on any atom is 0.313 e. The minimum Gasteiger partial charge on any atom is -0.370 e. The summed E-state index contributed by atoms with van der Waals surface area (Å²) in [6, 6.07) is 5.41. The molecule has 0 spiro atoms. The first kappa shape index (κ1) is 21.2. The molecule has 2 rings (SSSR count). The first-order valence-electron chi connectivity index (χ1n) is 8.48. The van der Waals surface area contributed by atoms with Crippen molar-refractivity contribution in [3.8, 4) is 0 Å². The lowest BCUT2D eigenvalue weighted by Crippen LogP contribution is -2.35. The average molecular weight is 409 g/mol. The summed E-state index contributed by atoms with van der Waals surface area (Å²) < 4.78 is 13.4. The Morgan fingerprint density at radius 3 is 2.61 bits per heavy atom. The van der Waals surface area contributed by atoms with Crippen molar-refractivity contribution in [2.24, 2.45) is 16.5 Å². The second-order valence-electron chi connectivity index (χ2n) is 6.26. The van der Waals surface area contributed by atoms with E-state index < -0.39 is 17.6 Å². The molecule has 0 aliphatic heterocycles. The highest BCUT2D eigenvalue weighted by atomic mass is 35.5. The molecule has 0 aliphatic carbocycles. The summed E-state index contributed by atoms with van der Waals surface area (Å²) in [5, 5.41) is 4.75. The summed E-state index contributed by atoms with van der Waals surface area (Å²) in [5.74, 6) is -2.50. The van der Waals surface area contributed by atoms with Gasteiger partial charge in [0.2, 0.25) is 0 Å².